The number of ketones is 1. The molecule has 2 aliphatic rings. The van der Waals surface area contributed by atoms with Crippen LogP contribution in [0.4, 0.5) is 10.5 Å². The molecule has 0 aliphatic heterocycles. The lowest BCUT2D eigenvalue weighted by Gasteiger charge is -2.39. The molecule has 1 amide bonds. The fourth-order valence-electron chi connectivity index (χ4n) is 5.47. The first-order valence-electron chi connectivity index (χ1n) is 13.7. The van der Waals surface area contributed by atoms with Gasteiger partial charge in [0.1, 0.15) is 5.60 Å². The molecule has 0 radical (unpaired) electrons. The normalized spacial score (nSPS) is 20.2. The maximum atomic E-state index is 13.5. The molecule has 2 aliphatic carbocycles. The molecule has 0 fully saturated rings. The van der Waals surface area contributed by atoms with Crippen molar-refractivity contribution in [3.63, 3.8) is 0 Å². The third-order valence-electron chi connectivity index (χ3n) is 7.46. The number of ether oxygens (including phenoxy) is 1. The molecule has 9 heteroatoms. The highest BCUT2D eigenvalue weighted by molar-refractivity contribution is 6.07. The number of para-hydroxylation sites is 1. The topological polar surface area (TPSA) is 135 Å². The van der Waals surface area contributed by atoms with Crippen molar-refractivity contribution in [2.45, 2.75) is 59.1 Å². The number of benzene rings is 2. The van der Waals surface area contributed by atoms with E-state index in [4.69, 9.17) is 4.74 Å². The van der Waals surface area contributed by atoms with Gasteiger partial charge in [-0.1, -0.05) is 45.0 Å². The monoisotopic (exact) mass is 567 g/mol. The highest BCUT2D eigenvalue weighted by atomic mass is 16.6. The molecule has 2 aromatic carbocycles. The smallest absolute Gasteiger partial charge is 0.429 e. The van der Waals surface area contributed by atoms with E-state index >= 15 is 0 Å². The minimum Gasteiger partial charge on any atom is -0.833 e. The van der Waals surface area contributed by atoms with Crippen LogP contribution in [0.1, 0.15) is 58.3 Å². The summed E-state index contributed by atoms with van der Waals surface area (Å²) >= 11 is 0. The van der Waals surface area contributed by atoms with E-state index in [-0.39, 0.29) is 11.3 Å². The number of rotatable bonds is 6. The number of hydrogen-bond donors (Lipinski definition) is 3. The Morgan fingerprint density at radius 1 is 1.14 bits per heavy atom. The summed E-state index contributed by atoms with van der Waals surface area (Å²) in [5.41, 5.74) is 2.36. The van der Waals surface area contributed by atoms with E-state index in [0.29, 0.717) is 6.42 Å². The number of carbonyl (C=O) groups excluding carboxylic acids is 2. The number of hydrazine groups is 1. The second-order valence-electron chi connectivity index (χ2n) is 12.1. The summed E-state index contributed by atoms with van der Waals surface area (Å²) in [5.74, 6) is -2.40. The Morgan fingerprint density at radius 2 is 1.81 bits per heavy atom. The van der Waals surface area contributed by atoms with Crippen LogP contribution in [-0.2, 0) is 9.53 Å². The highest BCUT2D eigenvalue weighted by Gasteiger charge is 2.59. The lowest BCUT2D eigenvalue weighted by molar-refractivity contribution is -0.319. The number of allylic oxidation sites excluding steroid dienone is 1. The number of carboxylic acids is 1. The first kappa shape index (κ1) is 28.8. The Balaban J connectivity index is 1.69. The van der Waals surface area contributed by atoms with Crippen LogP contribution in [0.25, 0.3) is 22.6 Å². The Hall–Kier alpha value is -4.72. The first-order chi connectivity index (χ1) is 19.7. The van der Waals surface area contributed by atoms with Crippen LogP contribution >= 0.6 is 0 Å². The third-order valence-corrected chi connectivity index (χ3v) is 7.46. The molecule has 1 unspecified atom stereocenters. The Labute approximate surface area is 243 Å². The number of aromatic amines is 1. The predicted octanol–water partition coefficient (Wildman–Crippen LogP) is 3.49. The molecule has 0 spiro atoms. The van der Waals surface area contributed by atoms with Crippen molar-refractivity contribution in [3.05, 3.63) is 88.1 Å². The van der Waals surface area contributed by atoms with Gasteiger partial charge in [0.15, 0.2) is 5.76 Å². The van der Waals surface area contributed by atoms with E-state index in [9.17, 15) is 24.6 Å². The number of amides is 1. The van der Waals surface area contributed by atoms with Gasteiger partial charge in [0.25, 0.3) is 0 Å². The zero-order chi connectivity index (χ0) is 30.6. The summed E-state index contributed by atoms with van der Waals surface area (Å²) in [6, 6.07) is 13.4. The van der Waals surface area contributed by atoms with Gasteiger partial charge in [-0.15, -0.1) is 0 Å². The fraction of sp³-hybridized carbons (Fsp3) is 0.303. The van der Waals surface area contributed by atoms with Crippen molar-refractivity contribution in [2.24, 2.45) is 5.41 Å². The molecule has 216 valence electrons. The summed E-state index contributed by atoms with van der Waals surface area (Å²) in [4.78, 5) is 41.7. The second kappa shape index (κ2) is 9.98. The fourth-order valence-corrected chi connectivity index (χ4v) is 5.47. The van der Waals surface area contributed by atoms with Crippen LogP contribution in [0.5, 0.6) is 0 Å². The van der Waals surface area contributed by atoms with Crippen molar-refractivity contribution < 1.29 is 29.3 Å². The van der Waals surface area contributed by atoms with E-state index in [2.05, 4.69) is 22.6 Å². The Kier molecular flexibility index (Phi) is 6.84. The molecule has 42 heavy (non-hydrogen) atoms. The van der Waals surface area contributed by atoms with Gasteiger partial charge in [-0.05, 0) is 74.7 Å². The molecule has 3 aromatic rings. The van der Waals surface area contributed by atoms with Crippen LogP contribution in [0, 0.1) is 11.5 Å². The average molecular weight is 568 g/mol. The van der Waals surface area contributed by atoms with E-state index < -0.39 is 40.2 Å². The van der Waals surface area contributed by atoms with Crippen LogP contribution in [0.2, 0.25) is 0 Å². The van der Waals surface area contributed by atoms with Gasteiger partial charge in [0.2, 0.25) is 5.54 Å². The summed E-state index contributed by atoms with van der Waals surface area (Å²) in [5, 5.41) is 26.7. The van der Waals surface area contributed by atoms with E-state index in [0.717, 1.165) is 37.6 Å². The van der Waals surface area contributed by atoms with Crippen molar-refractivity contribution in [1.82, 2.24) is 10.4 Å². The number of hydrogen-bond acceptors (Lipinski definition) is 6. The van der Waals surface area contributed by atoms with E-state index in [1.54, 1.807) is 26.8 Å². The molecule has 1 heterocycles. The van der Waals surface area contributed by atoms with Crippen LogP contribution in [-0.4, -0.2) is 39.1 Å². The zero-order valence-corrected chi connectivity index (χ0v) is 24.4. The second-order valence-corrected chi connectivity index (χ2v) is 12.1. The molecule has 5 rings (SSSR count). The van der Waals surface area contributed by atoms with Gasteiger partial charge >= 0.3 is 23.9 Å². The highest BCUT2D eigenvalue weighted by Crippen LogP contribution is 2.41. The summed E-state index contributed by atoms with van der Waals surface area (Å²) in [7, 11) is 0. The van der Waals surface area contributed by atoms with Crippen LogP contribution < -0.4 is 26.1 Å². The number of fused-ring (bicyclic) bond motifs is 3. The van der Waals surface area contributed by atoms with Crippen LogP contribution in [0.15, 0.2) is 65.9 Å². The van der Waals surface area contributed by atoms with Gasteiger partial charge < -0.3 is 19.9 Å². The zero-order valence-electron chi connectivity index (χ0n) is 24.4. The molecular formula is C33H33N3O6. The summed E-state index contributed by atoms with van der Waals surface area (Å²) in [6.45, 7) is 11.1. The van der Waals surface area contributed by atoms with Gasteiger partial charge in [-0.25, -0.2) is 19.4 Å². The number of nitrogens with zero attached hydrogens (tertiary/aromatic N) is 1. The molecule has 0 bridgehead atoms. The number of aromatic nitrogens is 1. The van der Waals surface area contributed by atoms with E-state index in [1.165, 1.54) is 24.3 Å². The van der Waals surface area contributed by atoms with Gasteiger partial charge in [0.05, 0.1) is 11.3 Å². The molecular weight excluding hydrogens is 534 g/mol. The largest absolute Gasteiger partial charge is 0.833 e. The summed E-state index contributed by atoms with van der Waals surface area (Å²) < 4.78 is 5.60. The molecule has 1 atom stereocenters. The van der Waals surface area contributed by atoms with E-state index in [1.807, 2.05) is 45.0 Å². The van der Waals surface area contributed by atoms with Crippen molar-refractivity contribution in [2.75, 3.05) is 5.01 Å². The SMILES string of the molecule is CCC1=c2c([nH]c3ccccc23)=CC(C)(C)C1=CC1(NN(C(=O)OC(C)(C)C)c2ccc(C(=O)O)cc2)C(=O)[C+]=C1[O-]. The van der Waals surface area contributed by atoms with Gasteiger partial charge in [0, 0.05) is 26.9 Å². The lowest BCUT2D eigenvalue weighted by Crippen LogP contribution is -2.67. The standard InChI is InChI=1S/C33H33N3O6/c1-7-21-23(32(5,6)18-25-28(21)22-10-8-9-11-24(22)34-25)17-33(26(37)16-27(33)38)35-36(30(41)42-31(2,3)4)20-14-12-19(13-15-20)29(39)40/h8-15,17-18,34-35H,7H2,1-6H3,(H-,37,38,39,40). The minimum atomic E-state index is -1.94. The van der Waals surface area contributed by atoms with Crippen molar-refractivity contribution in [1.29, 1.82) is 0 Å². The maximum absolute atomic E-state index is 13.5. The van der Waals surface area contributed by atoms with Gasteiger partial charge in [-0.3, -0.25) is 0 Å². The summed E-state index contributed by atoms with van der Waals surface area (Å²) in [6.07, 6.45) is 5.73. The number of aromatic carboxylic acids is 1. The van der Waals surface area contributed by atoms with Crippen molar-refractivity contribution >= 4 is 46.1 Å². The Morgan fingerprint density at radius 3 is 2.38 bits per heavy atom. The number of anilines is 1. The number of nitrogens with one attached hydrogen (secondary N) is 2. The number of H-pyrrole nitrogens is 1. The number of carboxylic acid groups (broad SMARTS) is 1. The number of carbonyl (C=O) groups is 3. The minimum absolute atomic E-state index is 0.00777. The molecule has 0 saturated heterocycles. The lowest BCUT2D eigenvalue weighted by atomic mass is 9.70. The predicted molar refractivity (Wildman–Crippen MR) is 157 cm³/mol. The number of Topliss-reactive ketones (excluding diaryl/α,β-unsaturated/α-hetero) is 1. The van der Waals surface area contributed by atoms with Gasteiger partial charge in [-0.2, -0.15) is 5.43 Å². The van der Waals surface area contributed by atoms with Crippen molar-refractivity contribution in [3.8, 4) is 0 Å². The maximum Gasteiger partial charge on any atom is 0.429 e. The Bertz CT molecular complexity index is 1800. The molecule has 1 aromatic heterocycles. The molecule has 3 N–H and O–H groups in total. The average Bonchev–Trinajstić information content (AvgIpc) is 3.27. The third kappa shape index (κ3) is 4.87. The molecule has 9 nitrogen and oxygen atoms in total. The quantitative estimate of drug-likeness (QED) is 0.307. The first-order valence-corrected chi connectivity index (χ1v) is 13.7. The molecule has 0 saturated carbocycles. The van der Waals surface area contributed by atoms with Crippen LogP contribution in [0.3, 0.4) is 0 Å².